The average Bonchev–Trinajstić information content (AvgIpc) is 2.20. The number of hydrogen-bond donors (Lipinski definition) is 1. The molecule has 1 rings (SSSR count). The van der Waals surface area contributed by atoms with Crippen LogP contribution < -0.4 is 0 Å². The Balaban J connectivity index is 2.20. The van der Waals surface area contributed by atoms with Crippen molar-refractivity contribution in [3.05, 3.63) is 0 Å². The van der Waals surface area contributed by atoms with E-state index in [0.717, 1.165) is 19.0 Å². The van der Waals surface area contributed by atoms with Gasteiger partial charge in [0.15, 0.2) is 0 Å². The third kappa shape index (κ3) is 3.82. The molecule has 1 saturated carbocycles. The van der Waals surface area contributed by atoms with Crippen molar-refractivity contribution >= 4 is 17.4 Å². The summed E-state index contributed by atoms with van der Waals surface area (Å²) in [4.78, 5) is 1.88. The maximum absolute atomic E-state index is 9.20. The van der Waals surface area contributed by atoms with Crippen LogP contribution in [0.4, 0.5) is 0 Å². The molecule has 1 fully saturated rings. The first kappa shape index (κ1) is 11.8. The first-order valence-electron chi connectivity index (χ1n) is 5.72. The fourth-order valence-corrected chi connectivity index (χ4v) is 2.42. The quantitative estimate of drug-likeness (QED) is 0.729. The van der Waals surface area contributed by atoms with Gasteiger partial charge >= 0.3 is 0 Å². The smallest absolute Gasteiger partial charge is 0.256 e. The van der Waals surface area contributed by atoms with E-state index in [9.17, 15) is 5.11 Å². The number of nitrogens with zero attached hydrogens (tertiary/aromatic N) is 1. The molecule has 14 heavy (non-hydrogen) atoms. The summed E-state index contributed by atoms with van der Waals surface area (Å²) in [5, 5.41) is 9.26. The third-order valence-corrected chi connectivity index (χ3v) is 3.44. The van der Waals surface area contributed by atoms with Gasteiger partial charge in [-0.3, -0.25) is 0 Å². The standard InChI is InChI=1S/C11H21NOS/c1-2-12(11(13)14)9-8-10-6-4-3-5-7-10/h10H,2-9H2,1H3,(H,13,14). The molecule has 3 heteroatoms. The Morgan fingerprint density at radius 3 is 2.50 bits per heavy atom. The maximum Gasteiger partial charge on any atom is 0.256 e. The van der Waals surface area contributed by atoms with E-state index in [1.54, 1.807) is 0 Å². The summed E-state index contributed by atoms with van der Waals surface area (Å²) in [5.74, 6) is 0.868. The lowest BCUT2D eigenvalue weighted by Crippen LogP contribution is -2.31. The minimum absolute atomic E-state index is 0.0586. The first-order chi connectivity index (χ1) is 6.74. The lowest BCUT2D eigenvalue weighted by molar-refractivity contribution is 0.283. The third-order valence-electron chi connectivity index (χ3n) is 3.18. The Bertz CT molecular complexity index is 178. The Kier molecular flexibility index (Phi) is 5.23. The second-order valence-corrected chi connectivity index (χ2v) is 4.52. The highest BCUT2D eigenvalue weighted by atomic mass is 32.1. The van der Waals surface area contributed by atoms with Crippen LogP contribution in [-0.4, -0.2) is 28.3 Å². The Hall–Kier alpha value is -0.310. The van der Waals surface area contributed by atoms with Gasteiger partial charge in [-0.15, -0.1) is 0 Å². The molecular formula is C11H21NOS. The van der Waals surface area contributed by atoms with Crippen molar-refractivity contribution in [2.24, 2.45) is 5.92 Å². The lowest BCUT2D eigenvalue weighted by atomic mass is 9.87. The zero-order valence-electron chi connectivity index (χ0n) is 9.04. The van der Waals surface area contributed by atoms with E-state index < -0.39 is 0 Å². The summed E-state index contributed by atoms with van der Waals surface area (Å²) in [6.07, 6.45) is 8.12. The predicted octanol–water partition coefficient (Wildman–Crippen LogP) is 3.12. The van der Waals surface area contributed by atoms with E-state index >= 15 is 0 Å². The summed E-state index contributed by atoms with van der Waals surface area (Å²) in [5.41, 5.74) is 0. The second-order valence-electron chi connectivity index (χ2n) is 4.15. The van der Waals surface area contributed by atoms with E-state index in [2.05, 4.69) is 0 Å². The van der Waals surface area contributed by atoms with E-state index in [4.69, 9.17) is 12.2 Å². The fraction of sp³-hybridized carbons (Fsp3) is 0.909. The molecule has 0 heterocycles. The van der Waals surface area contributed by atoms with Gasteiger partial charge in [0.1, 0.15) is 0 Å². The first-order valence-corrected chi connectivity index (χ1v) is 6.12. The fourth-order valence-electron chi connectivity index (χ4n) is 2.20. The summed E-state index contributed by atoms with van der Waals surface area (Å²) in [7, 11) is 0. The molecule has 1 aliphatic carbocycles. The molecule has 1 aliphatic rings. The van der Waals surface area contributed by atoms with Crippen LogP contribution in [0.3, 0.4) is 0 Å². The highest BCUT2D eigenvalue weighted by Crippen LogP contribution is 2.26. The van der Waals surface area contributed by atoms with Crippen molar-refractivity contribution < 1.29 is 5.11 Å². The van der Waals surface area contributed by atoms with Gasteiger partial charge in [-0.05, 0) is 31.5 Å². The normalized spacial score (nSPS) is 18.1. The van der Waals surface area contributed by atoms with Crippen molar-refractivity contribution in [2.75, 3.05) is 13.1 Å². The van der Waals surface area contributed by atoms with Gasteiger partial charge in [-0.2, -0.15) is 0 Å². The molecule has 0 spiro atoms. The molecule has 0 saturated heterocycles. The van der Waals surface area contributed by atoms with Crippen LogP contribution in [0.15, 0.2) is 0 Å². The molecule has 0 aromatic carbocycles. The van der Waals surface area contributed by atoms with E-state index in [0.29, 0.717) is 0 Å². The molecule has 0 atom stereocenters. The highest BCUT2D eigenvalue weighted by molar-refractivity contribution is 7.79. The molecule has 0 aliphatic heterocycles. The van der Waals surface area contributed by atoms with Gasteiger partial charge in [-0.1, -0.05) is 32.1 Å². The van der Waals surface area contributed by atoms with Crippen LogP contribution in [0.1, 0.15) is 45.4 Å². The molecule has 1 N–H and O–H groups in total. The van der Waals surface area contributed by atoms with E-state index in [1.807, 2.05) is 11.8 Å². The predicted molar refractivity (Wildman–Crippen MR) is 63.7 cm³/mol. The molecular weight excluding hydrogens is 194 g/mol. The number of aliphatic hydroxyl groups is 1. The van der Waals surface area contributed by atoms with Crippen LogP contribution in [-0.2, 0) is 0 Å². The van der Waals surface area contributed by atoms with Gasteiger partial charge in [-0.25, -0.2) is 0 Å². The lowest BCUT2D eigenvalue weighted by Gasteiger charge is -2.25. The molecule has 0 amide bonds. The summed E-state index contributed by atoms with van der Waals surface area (Å²) in [6.45, 7) is 3.78. The average molecular weight is 215 g/mol. The number of hydrogen-bond acceptors (Lipinski definition) is 1. The molecule has 82 valence electrons. The van der Waals surface area contributed by atoms with E-state index in [1.165, 1.54) is 38.5 Å². The molecule has 0 bridgehead atoms. The van der Waals surface area contributed by atoms with Crippen molar-refractivity contribution in [1.29, 1.82) is 0 Å². The minimum Gasteiger partial charge on any atom is -0.487 e. The summed E-state index contributed by atoms with van der Waals surface area (Å²) >= 11 is 4.76. The van der Waals surface area contributed by atoms with E-state index in [-0.39, 0.29) is 5.17 Å². The van der Waals surface area contributed by atoms with Crippen molar-refractivity contribution in [3.63, 3.8) is 0 Å². The van der Waals surface area contributed by atoms with Crippen LogP contribution in [0, 0.1) is 5.92 Å². The largest absolute Gasteiger partial charge is 0.487 e. The van der Waals surface area contributed by atoms with Crippen molar-refractivity contribution in [2.45, 2.75) is 45.4 Å². The highest BCUT2D eigenvalue weighted by Gasteiger charge is 2.15. The molecule has 0 aromatic heterocycles. The molecule has 2 nitrogen and oxygen atoms in total. The molecule has 0 unspecified atom stereocenters. The second kappa shape index (κ2) is 6.23. The van der Waals surface area contributed by atoms with Crippen molar-refractivity contribution in [3.8, 4) is 0 Å². The van der Waals surface area contributed by atoms with Gasteiger partial charge < -0.3 is 10.0 Å². The van der Waals surface area contributed by atoms with Gasteiger partial charge in [0.05, 0.1) is 0 Å². The van der Waals surface area contributed by atoms with Crippen LogP contribution >= 0.6 is 12.2 Å². The van der Waals surface area contributed by atoms with Gasteiger partial charge in [0.2, 0.25) is 0 Å². The number of thiocarbonyl (C=S) groups is 1. The number of aliphatic hydroxyl groups excluding tert-OH is 1. The number of rotatable bonds is 4. The summed E-state index contributed by atoms with van der Waals surface area (Å²) in [6, 6.07) is 0. The van der Waals surface area contributed by atoms with Crippen LogP contribution in [0.25, 0.3) is 0 Å². The topological polar surface area (TPSA) is 23.5 Å². The van der Waals surface area contributed by atoms with Gasteiger partial charge in [0.25, 0.3) is 5.17 Å². The zero-order chi connectivity index (χ0) is 10.4. The zero-order valence-corrected chi connectivity index (χ0v) is 9.85. The Labute approximate surface area is 92.3 Å². The van der Waals surface area contributed by atoms with Crippen LogP contribution in [0.2, 0.25) is 0 Å². The minimum atomic E-state index is 0.0586. The maximum atomic E-state index is 9.20. The molecule has 0 radical (unpaired) electrons. The Morgan fingerprint density at radius 2 is 2.00 bits per heavy atom. The monoisotopic (exact) mass is 215 g/mol. The Morgan fingerprint density at radius 1 is 1.36 bits per heavy atom. The van der Waals surface area contributed by atoms with Gasteiger partial charge in [0, 0.05) is 13.1 Å². The molecule has 0 aromatic rings. The van der Waals surface area contributed by atoms with Crippen molar-refractivity contribution in [1.82, 2.24) is 4.90 Å². The summed E-state index contributed by atoms with van der Waals surface area (Å²) < 4.78 is 0. The SMILES string of the molecule is CCN(CCC1CCCCC1)C(O)=S. The van der Waals surface area contributed by atoms with Crippen LogP contribution in [0.5, 0.6) is 0 Å².